The van der Waals surface area contributed by atoms with Gasteiger partial charge in [-0.2, -0.15) is 0 Å². The summed E-state index contributed by atoms with van der Waals surface area (Å²) in [4.78, 5) is 18.2. The Hall–Kier alpha value is -3.51. The van der Waals surface area contributed by atoms with E-state index in [0.29, 0.717) is 0 Å². The second kappa shape index (κ2) is 8.70. The highest BCUT2D eigenvalue weighted by Crippen LogP contribution is 2.30. The molecule has 0 saturated carbocycles. The van der Waals surface area contributed by atoms with Gasteiger partial charge in [0.05, 0.1) is 6.04 Å². The monoisotopic (exact) mass is 410 g/mol. The number of imidazole rings is 1. The molecule has 5 rings (SSSR count). The van der Waals surface area contributed by atoms with E-state index >= 15 is 0 Å². The van der Waals surface area contributed by atoms with E-state index in [-0.39, 0.29) is 6.04 Å². The molecular formula is C25H26N6. The van der Waals surface area contributed by atoms with Crippen molar-refractivity contribution in [3.05, 3.63) is 102 Å². The number of piperazine rings is 1. The molecule has 1 fully saturated rings. The summed E-state index contributed by atoms with van der Waals surface area (Å²) in [5.74, 6) is 2.74. The van der Waals surface area contributed by atoms with Crippen LogP contribution in [-0.2, 0) is 0 Å². The Labute approximate surface area is 182 Å². The Morgan fingerprint density at radius 1 is 0.742 bits per heavy atom. The fourth-order valence-corrected chi connectivity index (χ4v) is 4.36. The van der Waals surface area contributed by atoms with E-state index in [4.69, 9.17) is 0 Å². The maximum absolute atomic E-state index is 4.55. The predicted octanol–water partition coefficient (Wildman–Crippen LogP) is 3.88. The Bertz CT molecular complexity index is 1080. The molecule has 6 heteroatoms. The molecule has 0 unspecified atom stereocenters. The van der Waals surface area contributed by atoms with Crippen LogP contribution in [0.3, 0.4) is 0 Å². The van der Waals surface area contributed by atoms with Gasteiger partial charge in [0.1, 0.15) is 23.8 Å². The molecule has 2 aromatic carbocycles. The zero-order valence-electron chi connectivity index (χ0n) is 17.7. The Balaban J connectivity index is 1.35. The van der Waals surface area contributed by atoms with Crippen molar-refractivity contribution in [3.8, 4) is 5.82 Å². The van der Waals surface area contributed by atoms with E-state index in [1.807, 2.05) is 17.7 Å². The van der Waals surface area contributed by atoms with Crippen molar-refractivity contribution in [2.45, 2.75) is 13.0 Å². The molecule has 0 spiro atoms. The van der Waals surface area contributed by atoms with E-state index in [9.17, 15) is 0 Å². The summed E-state index contributed by atoms with van der Waals surface area (Å²) in [6, 6.07) is 23.9. The van der Waals surface area contributed by atoms with Crippen LogP contribution in [0.4, 0.5) is 5.82 Å². The van der Waals surface area contributed by atoms with Gasteiger partial charge < -0.3 is 4.90 Å². The van der Waals surface area contributed by atoms with Gasteiger partial charge in [-0.05, 0) is 18.1 Å². The Morgan fingerprint density at radius 3 is 1.94 bits per heavy atom. The van der Waals surface area contributed by atoms with Crippen LogP contribution < -0.4 is 4.90 Å². The normalized spacial score (nSPS) is 14.8. The van der Waals surface area contributed by atoms with Gasteiger partial charge in [0.15, 0.2) is 0 Å². The summed E-state index contributed by atoms with van der Waals surface area (Å²) < 4.78 is 1.99. The van der Waals surface area contributed by atoms with Crippen molar-refractivity contribution < 1.29 is 0 Å². The lowest BCUT2D eigenvalue weighted by atomic mass is 9.96. The number of rotatable bonds is 5. The largest absolute Gasteiger partial charge is 0.354 e. The second-order valence-corrected chi connectivity index (χ2v) is 7.83. The second-order valence-electron chi connectivity index (χ2n) is 7.83. The average molecular weight is 411 g/mol. The van der Waals surface area contributed by atoms with Crippen LogP contribution in [0.25, 0.3) is 5.82 Å². The quantitative estimate of drug-likeness (QED) is 0.500. The van der Waals surface area contributed by atoms with Crippen molar-refractivity contribution in [3.63, 3.8) is 0 Å². The first-order valence-corrected chi connectivity index (χ1v) is 10.7. The molecule has 0 N–H and O–H groups in total. The molecule has 156 valence electrons. The van der Waals surface area contributed by atoms with E-state index in [2.05, 4.69) is 91.5 Å². The van der Waals surface area contributed by atoms with E-state index in [0.717, 1.165) is 43.6 Å². The third-order valence-corrected chi connectivity index (χ3v) is 5.94. The molecule has 1 saturated heterocycles. The summed E-state index contributed by atoms with van der Waals surface area (Å²) in [6.45, 7) is 5.77. The third-order valence-electron chi connectivity index (χ3n) is 5.94. The Kier molecular flexibility index (Phi) is 5.46. The zero-order valence-corrected chi connectivity index (χ0v) is 17.7. The highest BCUT2D eigenvalue weighted by molar-refractivity contribution is 5.44. The lowest BCUT2D eigenvalue weighted by Crippen LogP contribution is -2.48. The summed E-state index contributed by atoms with van der Waals surface area (Å²) in [5.41, 5.74) is 2.67. The standard InChI is InChI=1S/C25H26N6/c1-20-26-12-13-31(20)24-18-23(27-19-28-24)29-14-16-30(17-15-29)25(21-8-4-2-5-9-21)22-10-6-3-7-11-22/h2-13,18-19,25H,14-17H2,1H3. The van der Waals surface area contributed by atoms with Crippen LogP contribution in [0, 0.1) is 6.92 Å². The molecular weight excluding hydrogens is 384 g/mol. The summed E-state index contributed by atoms with van der Waals surface area (Å²) >= 11 is 0. The number of hydrogen-bond donors (Lipinski definition) is 0. The molecule has 0 amide bonds. The maximum Gasteiger partial charge on any atom is 0.143 e. The van der Waals surface area contributed by atoms with Gasteiger partial charge in [-0.15, -0.1) is 0 Å². The first-order chi connectivity index (χ1) is 15.3. The van der Waals surface area contributed by atoms with Gasteiger partial charge in [-0.1, -0.05) is 60.7 Å². The first kappa shape index (κ1) is 19.5. The van der Waals surface area contributed by atoms with Crippen LogP contribution in [0.1, 0.15) is 23.0 Å². The lowest BCUT2D eigenvalue weighted by molar-refractivity contribution is 0.212. The molecule has 4 aromatic rings. The van der Waals surface area contributed by atoms with Gasteiger partial charge >= 0.3 is 0 Å². The van der Waals surface area contributed by atoms with Crippen LogP contribution in [0.15, 0.2) is 85.5 Å². The predicted molar refractivity (Wildman–Crippen MR) is 122 cm³/mol. The molecule has 1 aliphatic rings. The van der Waals surface area contributed by atoms with Gasteiger partial charge in [-0.3, -0.25) is 9.47 Å². The molecule has 0 radical (unpaired) electrons. The number of aryl methyl sites for hydroxylation is 1. The molecule has 0 atom stereocenters. The van der Waals surface area contributed by atoms with E-state index < -0.39 is 0 Å². The molecule has 1 aliphatic heterocycles. The zero-order chi connectivity index (χ0) is 21.0. The third kappa shape index (κ3) is 4.07. The van der Waals surface area contributed by atoms with Crippen LogP contribution in [0.5, 0.6) is 0 Å². The number of nitrogens with zero attached hydrogens (tertiary/aromatic N) is 6. The highest BCUT2D eigenvalue weighted by Gasteiger charge is 2.27. The minimum atomic E-state index is 0.263. The number of anilines is 1. The van der Waals surface area contributed by atoms with Gasteiger partial charge in [0.2, 0.25) is 0 Å². The summed E-state index contributed by atoms with van der Waals surface area (Å²) in [6.07, 6.45) is 5.38. The van der Waals surface area contributed by atoms with Gasteiger partial charge in [0, 0.05) is 44.6 Å². The molecule has 2 aromatic heterocycles. The molecule has 3 heterocycles. The average Bonchev–Trinajstić information content (AvgIpc) is 3.27. The Morgan fingerprint density at radius 2 is 1.35 bits per heavy atom. The van der Waals surface area contributed by atoms with Crippen molar-refractivity contribution in [2.75, 3.05) is 31.1 Å². The van der Waals surface area contributed by atoms with Gasteiger partial charge in [-0.25, -0.2) is 15.0 Å². The van der Waals surface area contributed by atoms with E-state index in [1.165, 1.54) is 11.1 Å². The number of hydrogen-bond acceptors (Lipinski definition) is 5. The van der Waals surface area contributed by atoms with Crippen molar-refractivity contribution in [1.29, 1.82) is 0 Å². The minimum Gasteiger partial charge on any atom is -0.354 e. The molecule has 0 aliphatic carbocycles. The van der Waals surface area contributed by atoms with Crippen molar-refractivity contribution in [2.24, 2.45) is 0 Å². The fourth-order valence-electron chi connectivity index (χ4n) is 4.36. The van der Waals surface area contributed by atoms with Crippen molar-refractivity contribution in [1.82, 2.24) is 24.4 Å². The van der Waals surface area contributed by atoms with Crippen LogP contribution in [-0.4, -0.2) is 50.6 Å². The summed E-state index contributed by atoms with van der Waals surface area (Å²) in [7, 11) is 0. The molecule has 6 nitrogen and oxygen atoms in total. The maximum atomic E-state index is 4.55. The lowest BCUT2D eigenvalue weighted by Gasteiger charge is -2.40. The topological polar surface area (TPSA) is 50.1 Å². The van der Waals surface area contributed by atoms with Gasteiger partial charge in [0.25, 0.3) is 0 Å². The van der Waals surface area contributed by atoms with Crippen LogP contribution >= 0.6 is 0 Å². The van der Waals surface area contributed by atoms with Crippen molar-refractivity contribution >= 4 is 5.82 Å². The smallest absolute Gasteiger partial charge is 0.143 e. The van der Waals surface area contributed by atoms with Crippen LogP contribution in [0.2, 0.25) is 0 Å². The first-order valence-electron chi connectivity index (χ1n) is 10.7. The highest BCUT2D eigenvalue weighted by atomic mass is 15.3. The number of benzene rings is 2. The fraction of sp³-hybridized carbons (Fsp3) is 0.240. The van der Waals surface area contributed by atoms with E-state index in [1.54, 1.807) is 12.5 Å². The number of aromatic nitrogens is 4. The SMILES string of the molecule is Cc1nccn1-c1cc(N2CCN(C(c3ccccc3)c3ccccc3)CC2)ncn1. The molecule has 31 heavy (non-hydrogen) atoms. The summed E-state index contributed by atoms with van der Waals surface area (Å²) in [5, 5.41) is 0. The minimum absolute atomic E-state index is 0.263. The molecule has 0 bridgehead atoms.